The molecule has 0 bridgehead atoms. The fourth-order valence-electron chi connectivity index (χ4n) is 4.10. The number of hydrogen-bond donors (Lipinski definition) is 4. The molecule has 0 saturated carbocycles. The zero-order valence-corrected chi connectivity index (χ0v) is 18.2. The number of aromatic amines is 1. The van der Waals surface area contributed by atoms with Crippen LogP contribution in [0.2, 0.25) is 0 Å². The molecule has 166 valence electrons. The van der Waals surface area contributed by atoms with E-state index in [-0.39, 0.29) is 46.4 Å². The molecule has 5 N–H and O–H groups in total. The number of anilines is 1. The number of pyridine rings is 1. The lowest BCUT2D eigenvalue weighted by atomic mass is 9.92. The second-order valence-electron chi connectivity index (χ2n) is 7.58. The van der Waals surface area contributed by atoms with Gasteiger partial charge in [-0.15, -0.1) is 12.4 Å². The molecule has 0 amide bonds. The minimum absolute atomic E-state index is 0. The Morgan fingerprint density at radius 1 is 1.12 bits per heavy atom. The lowest BCUT2D eigenvalue weighted by Gasteiger charge is -2.15. The van der Waals surface area contributed by atoms with Crippen molar-refractivity contribution < 1.29 is 9.50 Å². The van der Waals surface area contributed by atoms with Crippen molar-refractivity contribution in [2.45, 2.75) is 6.42 Å². The van der Waals surface area contributed by atoms with Crippen LogP contribution in [-0.2, 0) is 0 Å². The molecule has 0 unspecified atom stereocenters. The van der Waals surface area contributed by atoms with Gasteiger partial charge in [-0.05, 0) is 41.8 Å². The first-order valence-electron chi connectivity index (χ1n) is 10.1. The van der Waals surface area contributed by atoms with E-state index in [4.69, 9.17) is 5.73 Å². The van der Waals surface area contributed by atoms with Gasteiger partial charge in [-0.2, -0.15) is 10.4 Å². The second-order valence-corrected chi connectivity index (χ2v) is 7.58. The zero-order chi connectivity index (χ0) is 22.2. The molecule has 5 rings (SSSR count). The highest BCUT2D eigenvalue weighted by molar-refractivity contribution is 6.04. The highest BCUT2D eigenvalue weighted by Crippen LogP contribution is 2.39. The number of rotatable bonds is 3. The predicted octanol–water partition coefficient (Wildman–Crippen LogP) is 4.39. The predicted molar refractivity (Wildman–Crippen MR) is 128 cm³/mol. The first-order chi connectivity index (χ1) is 15.6. The molecule has 4 aromatic rings. The maximum Gasteiger partial charge on any atom is 0.184 e. The van der Waals surface area contributed by atoms with Gasteiger partial charge in [0.05, 0.1) is 16.6 Å². The van der Waals surface area contributed by atoms with Gasteiger partial charge in [0.1, 0.15) is 23.5 Å². The largest absolute Gasteiger partial charge is 0.508 e. The number of aromatic hydroxyl groups is 1. The Hall–Kier alpha value is -3.93. The van der Waals surface area contributed by atoms with Gasteiger partial charge in [0, 0.05) is 23.7 Å². The average Bonchev–Trinajstić information content (AvgIpc) is 3.19. The Labute approximate surface area is 195 Å². The summed E-state index contributed by atoms with van der Waals surface area (Å²) in [5, 5.41) is 30.3. The van der Waals surface area contributed by atoms with Crippen molar-refractivity contribution in [3.8, 4) is 34.2 Å². The number of hydrogen-bond acceptors (Lipinski definition) is 6. The third-order valence-electron chi connectivity index (χ3n) is 5.66. The molecule has 0 saturated heterocycles. The van der Waals surface area contributed by atoms with Gasteiger partial charge >= 0.3 is 0 Å². The van der Waals surface area contributed by atoms with Crippen LogP contribution in [-0.4, -0.2) is 33.4 Å². The highest BCUT2D eigenvalue weighted by atomic mass is 35.5. The maximum absolute atomic E-state index is 14.7. The Balaban J connectivity index is 0.00000259. The smallest absolute Gasteiger partial charge is 0.184 e. The van der Waals surface area contributed by atoms with Crippen LogP contribution in [0.5, 0.6) is 5.75 Å². The fourth-order valence-corrected chi connectivity index (χ4v) is 4.10. The number of nitrogens with two attached hydrogens (primary N) is 1. The van der Waals surface area contributed by atoms with E-state index >= 15 is 0 Å². The van der Waals surface area contributed by atoms with Crippen molar-refractivity contribution in [3.63, 3.8) is 0 Å². The van der Waals surface area contributed by atoms with E-state index in [0.29, 0.717) is 10.9 Å². The average molecular weight is 463 g/mol. The molecule has 0 aliphatic carbocycles. The molecule has 0 fully saturated rings. The molecule has 0 atom stereocenters. The van der Waals surface area contributed by atoms with E-state index in [9.17, 15) is 14.8 Å². The number of H-pyrrole nitrogens is 1. The quantitative estimate of drug-likeness (QED) is 0.358. The molecule has 3 heterocycles. The van der Waals surface area contributed by atoms with Gasteiger partial charge in [0.15, 0.2) is 5.65 Å². The summed E-state index contributed by atoms with van der Waals surface area (Å²) < 4.78 is 14.7. The Bertz CT molecular complexity index is 1420. The number of fused-ring (bicyclic) bond motifs is 1. The fraction of sp³-hybridized carbons (Fsp3) is 0.125. The number of nitriles is 1. The number of halogens is 2. The third-order valence-corrected chi connectivity index (χ3v) is 5.66. The summed E-state index contributed by atoms with van der Waals surface area (Å²) in [6.07, 6.45) is 3.12. The van der Waals surface area contributed by atoms with Crippen molar-refractivity contribution in [2.75, 3.05) is 18.8 Å². The Kier molecular flexibility index (Phi) is 6.01. The van der Waals surface area contributed by atoms with E-state index in [1.165, 1.54) is 17.7 Å². The molecule has 9 heteroatoms. The lowest BCUT2D eigenvalue weighted by Crippen LogP contribution is -2.19. The summed E-state index contributed by atoms with van der Waals surface area (Å²) in [5.41, 5.74) is 10.5. The zero-order valence-electron chi connectivity index (χ0n) is 17.4. The van der Waals surface area contributed by atoms with Gasteiger partial charge in [-0.1, -0.05) is 30.3 Å². The van der Waals surface area contributed by atoms with Crippen LogP contribution in [0, 0.1) is 17.1 Å². The molecule has 7 nitrogen and oxygen atoms in total. The van der Waals surface area contributed by atoms with E-state index in [0.717, 1.165) is 36.7 Å². The Morgan fingerprint density at radius 2 is 1.88 bits per heavy atom. The summed E-state index contributed by atoms with van der Waals surface area (Å²) in [4.78, 5) is 4.42. The molecule has 2 aromatic carbocycles. The van der Waals surface area contributed by atoms with Crippen molar-refractivity contribution >= 4 is 34.8 Å². The van der Waals surface area contributed by atoms with Crippen LogP contribution in [0.3, 0.4) is 0 Å². The van der Waals surface area contributed by atoms with Crippen LogP contribution in [0.4, 0.5) is 10.2 Å². The second kappa shape index (κ2) is 8.90. The topological polar surface area (TPSA) is 124 Å². The normalized spacial score (nSPS) is 13.3. The van der Waals surface area contributed by atoms with Crippen LogP contribution in [0.15, 0.2) is 48.5 Å². The molecular weight excluding hydrogens is 443 g/mol. The van der Waals surface area contributed by atoms with Crippen molar-refractivity contribution in [2.24, 2.45) is 0 Å². The number of nitrogens with zero attached hydrogens (tertiary/aromatic N) is 3. The number of nitrogen functional groups attached to an aromatic ring is 1. The van der Waals surface area contributed by atoms with E-state index in [1.54, 1.807) is 0 Å². The van der Waals surface area contributed by atoms with Crippen molar-refractivity contribution in [3.05, 3.63) is 65.5 Å². The molecule has 0 spiro atoms. The number of nitrogens with one attached hydrogen (secondary N) is 2. The van der Waals surface area contributed by atoms with E-state index in [2.05, 4.69) is 32.6 Å². The van der Waals surface area contributed by atoms with Gasteiger partial charge in [-0.25, -0.2) is 9.37 Å². The molecule has 1 aliphatic heterocycles. The van der Waals surface area contributed by atoms with Crippen molar-refractivity contribution in [1.29, 1.82) is 5.26 Å². The number of benzene rings is 2. The lowest BCUT2D eigenvalue weighted by molar-refractivity contribution is 0.469. The maximum atomic E-state index is 14.7. The van der Waals surface area contributed by atoms with Crippen LogP contribution < -0.4 is 11.1 Å². The van der Waals surface area contributed by atoms with Gasteiger partial charge < -0.3 is 16.2 Å². The van der Waals surface area contributed by atoms with Gasteiger partial charge in [-0.3, -0.25) is 5.10 Å². The molecule has 2 aromatic heterocycles. The number of phenols is 1. The van der Waals surface area contributed by atoms with Gasteiger partial charge in [0.2, 0.25) is 0 Å². The SMILES string of the molecule is Cl.N#Cc1c(-c2ccc(O)cc2F)nc2n[nH]c(N)c2c1-c1ccc(C2=CCNCC2)cc1. The summed E-state index contributed by atoms with van der Waals surface area (Å²) >= 11 is 0. The molecule has 33 heavy (non-hydrogen) atoms. The summed E-state index contributed by atoms with van der Waals surface area (Å²) in [6.45, 7) is 1.78. The Morgan fingerprint density at radius 3 is 2.55 bits per heavy atom. The standard InChI is InChI=1S/C24H19FN6O.ClH/c25-19-11-16(32)5-6-17(19)22-18(12-26)20(21-23(27)30-31-24(21)29-22)15-3-1-13(2-4-15)14-7-9-28-10-8-14;/h1-7,11,28,32H,8-10H2,(H3,27,29,30,31);1H. The molecule has 0 radical (unpaired) electrons. The van der Waals surface area contributed by atoms with Crippen LogP contribution in [0.1, 0.15) is 17.5 Å². The van der Waals surface area contributed by atoms with E-state index in [1.807, 2.05) is 24.3 Å². The summed E-state index contributed by atoms with van der Waals surface area (Å²) in [7, 11) is 0. The van der Waals surface area contributed by atoms with E-state index < -0.39 is 5.82 Å². The highest BCUT2D eigenvalue weighted by Gasteiger charge is 2.23. The van der Waals surface area contributed by atoms with Crippen LogP contribution in [0.25, 0.3) is 39.0 Å². The van der Waals surface area contributed by atoms with Crippen LogP contribution >= 0.6 is 12.4 Å². The monoisotopic (exact) mass is 462 g/mol. The summed E-state index contributed by atoms with van der Waals surface area (Å²) in [5.74, 6) is -0.615. The molecule has 1 aliphatic rings. The first kappa shape index (κ1) is 22.3. The van der Waals surface area contributed by atoms with Gasteiger partial charge in [0.25, 0.3) is 0 Å². The number of aromatic nitrogens is 3. The minimum atomic E-state index is -0.684. The van der Waals surface area contributed by atoms with Crippen molar-refractivity contribution in [1.82, 2.24) is 20.5 Å². The molecular formula is C24H20ClFN6O. The minimum Gasteiger partial charge on any atom is -0.508 e. The first-order valence-corrected chi connectivity index (χ1v) is 10.1. The third kappa shape index (κ3) is 3.89. The number of phenolic OH excluding ortho intramolecular Hbond substituents is 1. The summed E-state index contributed by atoms with van der Waals surface area (Å²) in [6, 6.07) is 13.8.